The Bertz CT molecular complexity index is 711. The first-order valence-corrected chi connectivity index (χ1v) is 7.07. The maximum absolute atomic E-state index is 12.9. The number of nitrogens with two attached hydrogens (primary N) is 1. The largest absolute Gasteiger partial charge is 0.399 e. The van der Waals surface area contributed by atoms with Crippen LogP contribution in [0, 0.1) is 13.8 Å². The third-order valence-electron chi connectivity index (χ3n) is 3.80. The van der Waals surface area contributed by atoms with E-state index in [4.69, 9.17) is 5.73 Å². The molecule has 2 N–H and O–H groups in total. The van der Waals surface area contributed by atoms with Crippen LogP contribution in [-0.4, -0.2) is 22.6 Å². The number of aromatic nitrogens is 2. The van der Waals surface area contributed by atoms with Crippen LogP contribution in [0.15, 0.2) is 24.3 Å². The summed E-state index contributed by atoms with van der Waals surface area (Å²) in [4.78, 5) is 14.7. The molecule has 0 saturated carbocycles. The van der Waals surface area contributed by atoms with Gasteiger partial charge in [0.1, 0.15) is 0 Å². The number of amides is 1. The lowest BCUT2D eigenvalue weighted by molar-refractivity contribution is 0.0984. The van der Waals surface area contributed by atoms with Gasteiger partial charge in [-0.05, 0) is 50.5 Å². The molecule has 1 aromatic heterocycles. The van der Waals surface area contributed by atoms with E-state index in [-0.39, 0.29) is 5.91 Å². The number of hydrogen-bond donors (Lipinski definition) is 1. The van der Waals surface area contributed by atoms with Crippen LogP contribution in [0.2, 0.25) is 0 Å². The van der Waals surface area contributed by atoms with Gasteiger partial charge in [-0.1, -0.05) is 6.07 Å². The van der Waals surface area contributed by atoms with Crippen LogP contribution in [0.4, 0.5) is 11.4 Å². The van der Waals surface area contributed by atoms with Gasteiger partial charge < -0.3 is 10.6 Å². The quantitative estimate of drug-likeness (QED) is 0.814. The first-order valence-electron chi connectivity index (χ1n) is 7.07. The molecular weight excluding hydrogens is 264 g/mol. The number of rotatable bonds is 1. The van der Waals surface area contributed by atoms with E-state index in [0.717, 1.165) is 24.2 Å². The summed E-state index contributed by atoms with van der Waals surface area (Å²) >= 11 is 0. The highest BCUT2D eigenvalue weighted by Gasteiger charge is 2.25. The molecule has 1 aliphatic heterocycles. The molecule has 3 rings (SSSR count). The molecule has 1 amide bonds. The molecule has 108 valence electrons. The molecule has 2 aromatic rings. The summed E-state index contributed by atoms with van der Waals surface area (Å²) in [7, 11) is 0. The van der Waals surface area contributed by atoms with Gasteiger partial charge in [0.25, 0.3) is 5.91 Å². The van der Waals surface area contributed by atoms with E-state index >= 15 is 0 Å². The number of anilines is 2. The summed E-state index contributed by atoms with van der Waals surface area (Å²) in [6, 6.07) is 7.57. The second kappa shape index (κ2) is 5.16. The second-order valence-electron chi connectivity index (χ2n) is 5.43. The number of nitrogens with zero attached hydrogens (tertiary/aromatic N) is 3. The zero-order valence-electron chi connectivity index (χ0n) is 12.3. The number of fused-ring (bicyclic) bond motifs is 1. The van der Waals surface area contributed by atoms with E-state index in [0.29, 0.717) is 23.5 Å². The van der Waals surface area contributed by atoms with Crippen molar-refractivity contribution < 1.29 is 4.79 Å². The molecule has 5 heteroatoms. The Kier molecular flexibility index (Phi) is 3.33. The highest BCUT2D eigenvalue weighted by atomic mass is 16.2. The fraction of sp³-hybridized carbons (Fsp3) is 0.312. The van der Waals surface area contributed by atoms with E-state index < -0.39 is 0 Å². The number of hydrogen-bond acceptors (Lipinski definition) is 4. The number of aryl methyl sites for hydroxylation is 3. The van der Waals surface area contributed by atoms with Crippen molar-refractivity contribution in [2.24, 2.45) is 0 Å². The van der Waals surface area contributed by atoms with Gasteiger partial charge in [-0.3, -0.25) is 4.79 Å². The van der Waals surface area contributed by atoms with Crippen LogP contribution < -0.4 is 10.6 Å². The molecule has 0 spiro atoms. The van der Waals surface area contributed by atoms with Crippen LogP contribution in [0.25, 0.3) is 0 Å². The Balaban J connectivity index is 2.04. The molecule has 1 aliphatic rings. The number of carbonyl (C=O) groups excluding carboxylic acids is 1. The molecule has 0 aliphatic carbocycles. The van der Waals surface area contributed by atoms with Gasteiger partial charge in [-0.2, -0.15) is 10.2 Å². The van der Waals surface area contributed by atoms with Crippen molar-refractivity contribution in [3.63, 3.8) is 0 Å². The van der Waals surface area contributed by atoms with Crippen LogP contribution in [-0.2, 0) is 6.42 Å². The summed E-state index contributed by atoms with van der Waals surface area (Å²) < 4.78 is 0. The van der Waals surface area contributed by atoms with Gasteiger partial charge in [0.15, 0.2) is 0 Å². The first-order chi connectivity index (χ1) is 10.1. The van der Waals surface area contributed by atoms with Gasteiger partial charge in [-0.25, -0.2) is 0 Å². The van der Waals surface area contributed by atoms with Crippen molar-refractivity contribution in [1.29, 1.82) is 0 Å². The molecule has 5 nitrogen and oxygen atoms in total. The third-order valence-corrected chi connectivity index (χ3v) is 3.80. The molecule has 0 radical (unpaired) electrons. The molecule has 1 aromatic carbocycles. The smallest absolute Gasteiger partial charge is 0.260 e. The summed E-state index contributed by atoms with van der Waals surface area (Å²) in [6.07, 6.45) is 1.94. The number of benzene rings is 1. The minimum atomic E-state index is -0.0305. The molecule has 2 heterocycles. The van der Waals surface area contributed by atoms with E-state index in [2.05, 4.69) is 10.2 Å². The summed E-state index contributed by atoms with van der Waals surface area (Å²) in [5.74, 6) is -0.0305. The average Bonchev–Trinajstić information content (AvgIpc) is 2.48. The fourth-order valence-electron chi connectivity index (χ4n) is 2.71. The number of carbonyl (C=O) groups is 1. The van der Waals surface area contributed by atoms with Gasteiger partial charge in [0.05, 0.1) is 17.0 Å². The first kappa shape index (κ1) is 13.5. The molecule has 0 atom stereocenters. The predicted molar refractivity (Wildman–Crippen MR) is 82.4 cm³/mol. The Morgan fingerprint density at radius 1 is 1.24 bits per heavy atom. The van der Waals surface area contributed by atoms with Crippen molar-refractivity contribution in [1.82, 2.24) is 10.2 Å². The van der Waals surface area contributed by atoms with Crippen LogP contribution in [0.1, 0.15) is 33.7 Å². The molecular formula is C16H18N4O. The van der Waals surface area contributed by atoms with Crippen molar-refractivity contribution in [2.75, 3.05) is 17.2 Å². The SMILES string of the molecule is Cc1cc(C(=O)N2CCCc3ccc(N)cc32)c(C)nn1. The molecule has 0 fully saturated rings. The maximum atomic E-state index is 12.9. The van der Waals surface area contributed by atoms with Gasteiger partial charge in [0, 0.05) is 17.9 Å². The summed E-state index contributed by atoms with van der Waals surface area (Å²) in [5, 5.41) is 8.03. The van der Waals surface area contributed by atoms with Crippen LogP contribution in [0.3, 0.4) is 0 Å². The van der Waals surface area contributed by atoms with Gasteiger partial charge in [-0.15, -0.1) is 0 Å². The van der Waals surface area contributed by atoms with E-state index in [9.17, 15) is 4.79 Å². The molecule has 0 unspecified atom stereocenters. The average molecular weight is 282 g/mol. The topological polar surface area (TPSA) is 72.1 Å². The lowest BCUT2D eigenvalue weighted by Crippen LogP contribution is -2.36. The number of nitrogen functional groups attached to an aromatic ring is 1. The monoisotopic (exact) mass is 282 g/mol. The van der Waals surface area contributed by atoms with E-state index in [1.54, 1.807) is 11.0 Å². The zero-order valence-corrected chi connectivity index (χ0v) is 12.3. The Morgan fingerprint density at radius 3 is 2.86 bits per heavy atom. The van der Waals surface area contributed by atoms with E-state index in [1.807, 2.05) is 32.0 Å². The van der Waals surface area contributed by atoms with Gasteiger partial charge in [0.2, 0.25) is 0 Å². The predicted octanol–water partition coefficient (Wildman–Crippen LogP) is 2.27. The lowest BCUT2D eigenvalue weighted by atomic mass is 10.00. The van der Waals surface area contributed by atoms with Gasteiger partial charge >= 0.3 is 0 Å². The van der Waals surface area contributed by atoms with Crippen molar-refractivity contribution >= 4 is 17.3 Å². The zero-order chi connectivity index (χ0) is 15.0. The second-order valence-corrected chi connectivity index (χ2v) is 5.43. The molecule has 0 saturated heterocycles. The van der Waals surface area contributed by atoms with Crippen molar-refractivity contribution in [3.05, 3.63) is 46.8 Å². The lowest BCUT2D eigenvalue weighted by Gasteiger charge is -2.30. The highest BCUT2D eigenvalue weighted by Crippen LogP contribution is 2.30. The van der Waals surface area contributed by atoms with Crippen LogP contribution in [0.5, 0.6) is 0 Å². The normalized spacial score (nSPS) is 13.9. The van der Waals surface area contributed by atoms with Crippen LogP contribution >= 0.6 is 0 Å². The Morgan fingerprint density at radius 2 is 2.05 bits per heavy atom. The minimum Gasteiger partial charge on any atom is -0.399 e. The maximum Gasteiger partial charge on any atom is 0.260 e. The standard InChI is InChI=1S/C16H18N4O/c1-10-8-14(11(2)19-18-10)16(21)20-7-3-4-12-5-6-13(17)9-15(12)20/h5-6,8-9H,3-4,7,17H2,1-2H3. The third kappa shape index (κ3) is 2.46. The van der Waals surface area contributed by atoms with E-state index in [1.165, 1.54) is 5.56 Å². The minimum absolute atomic E-state index is 0.0305. The van der Waals surface area contributed by atoms with Crippen molar-refractivity contribution in [3.8, 4) is 0 Å². The molecule has 21 heavy (non-hydrogen) atoms. The summed E-state index contributed by atoms with van der Waals surface area (Å²) in [6.45, 7) is 4.35. The van der Waals surface area contributed by atoms with Crippen molar-refractivity contribution in [2.45, 2.75) is 26.7 Å². The summed E-state index contributed by atoms with van der Waals surface area (Å²) in [5.41, 5.74) is 10.6. The fourth-order valence-corrected chi connectivity index (χ4v) is 2.71. The molecule has 0 bridgehead atoms. The Labute approximate surface area is 123 Å². The highest BCUT2D eigenvalue weighted by molar-refractivity contribution is 6.07. The Hall–Kier alpha value is -2.43.